The lowest BCUT2D eigenvalue weighted by molar-refractivity contribution is -0.136. The van der Waals surface area contributed by atoms with Crippen LogP contribution in [0.3, 0.4) is 0 Å². The summed E-state index contributed by atoms with van der Waals surface area (Å²) in [5, 5.41) is 3.25. The van der Waals surface area contributed by atoms with E-state index in [1.807, 2.05) is 25.8 Å². The standard InChI is InChI=1S/C9H18N2O/c1-9(2)8(12)11(3)7-5-4-6-10-9/h10H,4-7H2,1-3H3. The van der Waals surface area contributed by atoms with Crippen LogP contribution < -0.4 is 5.32 Å². The summed E-state index contributed by atoms with van der Waals surface area (Å²) in [5.74, 6) is 0.196. The minimum atomic E-state index is -0.380. The van der Waals surface area contributed by atoms with E-state index >= 15 is 0 Å². The Hall–Kier alpha value is -0.570. The number of amides is 1. The van der Waals surface area contributed by atoms with Gasteiger partial charge < -0.3 is 10.2 Å². The van der Waals surface area contributed by atoms with Crippen LogP contribution in [0.1, 0.15) is 26.7 Å². The highest BCUT2D eigenvalue weighted by Crippen LogP contribution is 2.10. The quantitative estimate of drug-likeness (QED) is 0.577. The zero-order valence-corrected chi connectivity index (χ0v) is 8.18. The van der Waals surface area contributed by atoms with Gasteiger partial charge in [0.2, 0.25) is 5.91 Å². The Morgan fingerprint density at radius 3 is 2.75 bits per heavy atom. The van der Waals surface area contributed by atoms with Gasteiger partial charge in [-0.25, -0.2) is 0 Å². The molecule has 3 heteroatoms. The molecule has 1 amide bonds. The molecule has 1 rings (SSSR count). The van der Waals surface area contributed by atoms with Gasteiger partial charge in [-0.15, -0.1) is 0 Å². The van der Waals surface area contributed by atoms with Gasteiger partial charge in [0.25, 0.3) is 0 Å². The fourth-order valence-corrected chi connectivity index (χ4v) is 1.53. The first-order chi connectivity index (χ1) is 5.54. The lowest BCUT2D eigenvalue weighted by Crippen LogP contribution is -2.54. The van der Waals surface area contributed by atoms with Crippen molar-refractivity contribution >= 4 is 5.91 Å². The van der Waals surface area contributed by atoms with Gasteiger partial charge in [-0.3, -0.25) is 4.79 Å². The van der Waals surface area contributed by atoms with Gasteiger partial charge in [0, 0.05) is 13.6 Å². The van der Waals surface area contributed by atoms with E-state index in [2.05, 4.69) is 5.32 Å². The normalized spacial score (nSPS) is 24.9. The Morgan fingerprint density at radius 2 is 2.08 bits per heavy atom. The molecule has 1 aliphatic rings. The first-order valence-electron chi connectivity index (χ1n) is 4.54. The molecule has 0 bridgehead atoms. The van der Waals surface area contributed by atoms with Crippen LogP contribution in [0, 0.1) is 0 Å². The molecule has 0 aromatic heterocycles. The molecule has 1 heterocycles. The van der Waals surface area contributed by atoms with Gasteiger partial charge in [0.05, 0.1) is 5.54 Å². The van der Waals surface area contributed by atoms with Gasteiger partial charge in [-0.1, -0.05) is 0 Å². The predicted molar refractivity (Wildman–Crippen MR) is 49.0 cm³/mol. The summed E-state index contributed by atoms with van der Waals surface area (Å²) in [7, 11) is 1.87. The molecule has 1 N–H and O–H groups in total. The van der Waals surface area contributed by atoms with Crippen LogP contribution in [0.2, 0.25) is 0 Å². The largest absolute Gasteiger partial charge is 0.344 e. The molecular formula is C9H18N2O. The van der Waals surface area contributed by atoms with E-state index in [1.165, 1.54) is 0 Å². The van der Waals surface area contributed by atoms with Gasteiger partial charge in [0.15, 0.2) is 0 Å². The Bertz CT molecular complexity index is 177. The highest BCUT2D eigenvalue weighted by Gasteiger charge is 2.30. The molecule has 0 aromatic carbocycles. The first kappa shape index (κ1) is 9.52. The van der Waals surface area contributed by atoms with Crippen LogP contribution in [0.5, 0.6) is 0 Å². The van der Waals surface area contributed by atoms with Crippen LogP contribution in [0.4, 0.5) is 0 Å². The predicted octanol–water partition coefficient (Wildman–Crippen LogP) is 0.607. The zero-order valence-electron chi connectivity index (χ0n) is 8.18. The summed E-state index contributed by atoms with van der Waals surface area (Å²) in [4.78, 5) is 13.5. The number of hydrogen-bond acceptors (Lipinski definition) is 2. The van der Waals surface area contributed by atoms with Crippen molar-refractivity contribution in [2.24, 2.45) is 0 Å². The van der Waals surface area contributed by atoms with Gasteiger partial charge in [0.1, 0.15) is 0 Å². The Morgan fingerprint density at radius 1 is 1.42 bits per heavy atom. The molecule has 1 saturated heterocycles. The van der Waals surface area contributed by atoms with Crippen molar-refractivity contribution in [3.8, 4) is 0 Å². The smallest absolute Gasteiger partial charge is 0.242 e. The molecule has 1 aliphatic heterocycles. The maximum atomic E-state index is 11.7. The van der Waals surface area contributed by atoms with Crippen LogP contribution in [0.15, 0.2) is 0 Å². The van der Waals surface area contributed by atoms with Crippen molar-refractivity contribution < 1.29 is 4.79 Å². The molecular weight excluding hydrogens is 152 g/mol. The highest BCUT2D eigenvalue weighted by atomic mass is 16.2. The second kappa shape index (κ2) is 3.44. The summed E-state index contributed by atoms with van der Waals surface area (Å²) in [6.45, 7) is 5.73. The average Bonchev–Trinajstić information content (AvgIpc) is 2.00. The van der Waals surface area contributed by atoms with E-state index in [0.29, 0.717) is 0 Å². The molecule has 0 aromatic rings. The minimum Gasteiger partial charge on any atom is -0.344 e. The van der Waals surface area contributed by atoms with Crippen LogP contribution >= 0.6 is 0 Å². The summed E-state index contributed by atoms with van der Waals surface area (Å²) in [6.07, 6.45) is 2.26. The van der Waals surface area contributed by atoms with Crippen LogP contribution in [-0.2, 0) is 4.79 Å². The van der Waals surface area contributed by atoms with E-state index in [9.17, 15) is 4.79 Å². The first-order valence-corrected chi connectivity index (χ1v) is 4.54. The third kappa shape index (κ3) is 1.97. The highest BCUT2D eigenvalue weighted by molar-refractivity contribution is 5.85. The number of carbonyl (C=O) groups is 1. The second-order valence-electron chi connectivity index (χ2n) is 3.99. The monoisotopic (exact) mass is 170 g/mol. The van der Waals surface area contributed by atoms with Crippen molar-refractivity contribution in [3.63, 3.8) is 0 Å². The van der Waals surface area contributed by atoms with Crippen molar-refractivity contribution in [1.82, 2.24) is 10.2 Å². The number of carbonyl (C=O) groups excluding carboxylic acids is 1. The van der Waals surface area contributed by atoms with Gasteiger partial charge >= 0.3 is 0 Å². The SMILES string of the molecule is CN1CCCCNC(C)(C)C1=O. The summed E-state index contributed by atoms with van der Waals surface area (Å²) >= 11 is 0. The van der Waals surface area contributed by atoms with Crippen molar-refractivity contribution in [2.75, 3.05) is 20.1 Å². The lowest BCUT2D eigenvalue weighted by atomic mass is 10.0. The minimum absolute atomic E-state index is 0.196. The van der Waals surface area contributed by atoms with Crippen molar-refractivity contribution in [2.45, 2.75) is 32.2 Å². The number of nitrogens with zero attached hydrogens (tertiary/aromatic N) is 1. The molecule has 70 valence electrons. The average molecular weight is 170 g/mol. The molecule has 0 saturated carbocycles. The number of nitrogens with one attached hydrogen (secondary N) is 1. The molecule has 0 spiro atoms. The zero-order chi connectivity index (χ0) is 9.19. The molecule has 3 nitrogen and oxygen atoms in total. The van der Waals surface area contributed by atoms with Crippen LogP contribution in [0.25, 0.3) is 0 Å². The summed E-state index contributed by atoms with van der Waals surface area (Å²) in [6, 6.07) is 0. The summed E-state index contributed by atoms with van der Waals surface area (Å²) in [5.41, 5.74) is -0.380. The van der Waals surface area contributed by atoms with Gasteiger partial charge in [-0.05, 0) is 33.2 Å². The maximum Gasteiger partial charge on any atom is 0.242 e. The Labute approximate surface area is 74.1 Å². The third-order valence-corrected chi connectivity index (χ3v) is 2.37. The fraction of sp³-hybridized carbons (Fsp3) is 0.889. The Kier molecular flexibility index (Phi) is 2.73. The third-order valence-electron chi connectivity index (χ3n) is 2.37. The molecule has 1 fully saturated rings. The van der Waals surface area contributed by atoms with E-state index < -0.39 is 0 Å². The second-order valence-corrected chi connectivity index (χ2v) is 3.99. The molecule has 0 unspecified atom stereocenters. The maximum absolute atomic E-state index is 11.7. The molecule has 0 aliphatic carbocycles. The lowest BCUT2D eigenvalue weighted by Gasteiger charge is -2.32. The van der Waals surface area contributed by atoms with Crippen molar-refractivity contribution in [3.05, 3.63) is 0 Å². The van der Waals surface area contributed by atoms with E-state index in [0.717, 1.165) is 25.9 Å². The van der Waals surface area contributed by atoms with E-state index in [-0.39, 0.29) is 11.4 Å². The number of likely N-dealkylation sites (N-methyl/N-ethyl adjacent to an activating group) is 1. The van der Waals surface area contributed by atoms with Gasteiger partial charge in [-0.2, -0.15) is 0 Å². The van der Waals surface area contributed by atoms with E-state index in [1.54, 1.807) is 0 Å². The molecule has 12 heavy (non-hydrogen) atoms. The topological polar surface area (TPSA) is 32.3 Å². The number of rotatable bonds is 0. The Balaban J connectivity index is 2.67. The number of hydrogen-bond donors (Lipinski definition) is 1. The summed E-state index contributed by atoms with van der Waals surface area (Å²) < 4.78 is 0. The van der Waals surface area contributed by atoms with E-state index in [4.69, 9.17) is 0 Å². The molecule has 0 radical (unpaired) electrons. The van der Waals surface area contributed by atoms with Crippen molar-refractivity contribution in [1.29, 1.82) is 0 Å². The molecule has 0 atom stereocenters. The fourth-order valence-electron chi connectivity index (χ4n) is 1.53. The van der Waals surface area contributed by atoms with Crippen LogP contribution in [-0.4, -0.2) is 36.5 Å².